The molecule has 0 atom stereocenters. The Hall–Kier alpha value is -3.32. The molecule has 0 aliphatic rings. The van der Waals surface area contributed by atoms with Crippen molar-refractivity contribution in [1.82, 2.24) is 5.43 Å². The van der Waals surface area contributed by atoms with Crippen molar-refractivity contribution < 1.29 is 14.3 Å². The molecule has 31 heavy (non-hydrogen) atoms. The van der Waals surface area contributed by atoms with Gasteiger partial charge in [0.1, 0.15) is 6.61 Å². The number of carbonyl (C=O) groups excluding carboxylic acids is 1. The molecule has 6 nitrogen and oxygen atoms in total. The lowest BCUT2D eigenvalue weighted by Gasteiger charge is -2.14. The molecule has 0 aliphatic carbocycles. The van der Waals surface area contributed by atoms with Crippen LogP contribution in [-0.2, 0) is 6.61 Å². The number of nitrogens with one attached hydrogen (secondary N) is 2. The van der Waals surface area contributed by atoms with E-state index in [9.17, 15) is 4.79 Å². The van der Waals surface area contributed by atoms with E-state index in [0.717, 1.165) is 26.9 Å². The average Bonchev–Trinajstić information content (AvgIpc) is 2.77. The second-order valence-corrected chi connectivity index (χ2v) is 7.52. The van der Waals surface area contributed by atoms with Crippen LogP contribution in [-0.4, -0.2) is 18.9 Å². The second-order valence-electron chi connectivity index (χ2n) is 6.67. The van der Waals surface area contributed by atoms with E-state index in [1.807, 2.05) is 80.6 Å². The number of nitrogens with zero attached hydrogens (tertiary/aromatic N) is 1. The Bertz CT molecular complexity index is 1060. The van der Waals surface area contributed by atoms with Crippen LogP contribution in [0.3, 0.4) is 0 Å². The van der Waals surface area contributed by atoms with E-state index in [2.05, 4.69) is 31.8 Å². The first-order valence-electron chi connectivity index (χ1n) is 9.85. The zero-order chi connectivity index (χ0) is 22.1. The fraction of sp³-hybridized carbons (Fsp3) is 0.167. The third-order valence-electron chi connectivity index (χ3n) is 4.36. The van der Waals surface area contributed by atoms with Crippen LogP contribution < -0.4 is 20.2 Å². The maximum Gasteiger partial charge on any atom is 0.339 e. The van der Waals surface area contributed by atoms with Crippen LogP contribution in [0, 0.1) is 6.92 Å². The molecule has 0 saturated carbocycles. The number of benzene rings is 3. The largest absolute Gasteiger partial charge is 0.490 e. The van der Waals surface area contributed by atoms with E-state index < -0.39 is 6.03 Å². The third kappa shape index (κ3) is 6.58. The summed E-state index contributed by atoms with van der Waals surface area (Å²) in [5.74, 6) is 1.23. The zero-order valence-corrected chi connectivity index (χ0v) is 19.0. The number of hydrogen-bond donors (Lipinski definition) is 2. The van der Waals surface area contributed by atoms with Gasteiger partial charge in [-0.25, -0.2) is 10.2 Å². The highest BCUT2D eigenvalue weighted by Crippen LogP contribution is 2.33. The highest BCUT2D eigenvalue weighted by molar-refractivity contribution is 9.10. The molecule has 0 bridgehead atoms. The van der Waals surface area contributed by atoms with Gasteiger partial charge < -0.3 is 14.8 Å². The van der Waals surface area contributed by atoms with Crippen LogP contribution in [0.4, 0.5) is 10.5 Å². The lowest BCUT2D eigenvalue weighted by atomic mass is 10.2. The van der Waals surface area contributed by atoms with Crippen molar-refractivity contribution in [2.75, 3.05) is 11.9 Å². The first-order valence-corrected chi connectivity index (χ1v) is 10.6. The first kappa shape index (κ1) is 22.4. The minimum absolute atomic E-state index is 0.422. The fourth-order valence-corrected chi connectivity index (χ4v) is 3.21. The Balaban J connectivity index is 1.67. The van der Waals surface area contributed by atoms with Crippen molar-refractivity contribution in [3.63, 3.8) is 0 Å². The first-order chi connectivity index (χ1) is 15.1. The number of ether oxygens (including phenoxy) is 2. The van der Waals surface area contributed by atoms with Gasteiger partial charge in [-0.05, 0) is 59.1 Å². The van der Waals surface area contributed by atoms with E-state index >= 15 is 0 Å². The number of rotatable bonds is 8. The highest BCUT2D eigenvalue weighted by Gasteiger charge is 2.11. The Morgan fingerprint density at radius 2 is 1.74 bits per heavy atom. The Morgan fingerprint density at radius 3 is 2.48 bits per heavy atom. The summed E-state index contributed by atoms with van der Waals surface area (Å²) in [7, 11) is 0. The number of halogens is 1. The monoisotopic (exact) mass is 481 g/mol. The van der Waals surface area contributed by atoms with Gasteiger partial charge in [-0.2, -0.15) is 5.10 Å². The Kier molecular flexibility index (Phi) is 8.06. The van der Waals surface area contributed by atoms with Gasteiger partial charge in [0, 0.05) is 15.7 Å². The number of aryl methyl sites for hydroxylation is 1. The van der Waals surface area contributed by atoms with E-state index in [1.165, 1.54) is 0 Å². The van der Waals surface area contributed by atoms with E-state index in [1.54, 1.807) is 6.21 Å². The molecule has 0 aromatic heterocycles. The van der Waals surface area contributed by atoms with Crippen molar-refractivity contribution in [2.45, 2.75) is 20.5 Å². The molecule has 2 N–H and O–H groups in total. The molecule has 0 saturated heterocycles. The van der Waals surface area contributed by atoms with Gasteiger partial charge in [-0.1, -0.05) is 48.5 Å². The smallest absolute Gasteiger partial charge is 0.339 e. The maximum atomic E-state index is 12.1. The summed E-state index contributed by atoms with van der Waals surface area (Å²) in [4.78, 5) is 12.1. The number of urea groups is 1. The Morgan fingerprint density at radius 1 is 1.03 bits per heavy atom. The van der Waals surface area contributed by atoms with Crippen molar-refractivity contribution in [2.24, 2.45) is 5.10 Å². The van der Waals surface area contributed by atoms with Gasteiger partial charge >= 0.3 is 6.03 Å². The van der Waals surface area contributed by atoms with Gasteiger partial charge in [0.25, 0.3) is 0 Å². The summed E-state index contributed by atoms with van der Waals surface area (Å²) < 4.78 is 12.5. The molecule has 160 valence electrons. The molecule has 2 amide bonds. The zero-order valence-electron chi connectivity index (χ0n) is 17.4. The van der Waals surface area contributed by atoms with Gasteiger partial charge in [0.2, 0.25) is 0 Å². The van der Waals surface area contributed by atoms with Crippen LogP contribution in [0.5, 0.6) is 11.5 Å². The number of carbonyl (C=O) groups is 1. The summed E-state index contributed by atoms with van der Waals surface area (Å²) in [6.45, 7) is 4.76. The van der Waals surface area contributed by atoms with Gasteiger partial charge in [0.15, 0.2) is 11.5 Å². The molecule has 0 radical (unpaired) electrons. The van der Waals surface area contributed by atoms with E-state index in [4.69, 9.17) is 9.47 Å². The summed E-state index contributed by atoms with van der Waals surface area (Å²) in [5.41, 5.74) is 5.98. The second kappa shape index (κ2) is 11.2. The van der Waals surface area contributed by atoms with Crippen LogP contribution >= 0.6 is 15.9 Å². The SMILES string of the molecule is CCOc1cc(C=NNC(=O)Nc2ccccc2C)c(Br)cc1OCc1ccccc1. The van der Waals surface area contributed by atoms with E-state index in [-0.39, 0.29) is 0 Å². The summed E-state index contributed by atoms with van der Waals surface area (Å²) in [6.07, 6.45) is 1.55. The highest BCUT2D eigenvalue weighted by atomic mass is 79.9. The number of hydrogen-bond acceptors (Lipinski definition) is 4. The molecule has 0 heterocycles. The third-order valence-corrected chi connectivity index (χ3v) is 5.05. The summed E-state index contributed by atoms with van der Waals surface area (Å²) >= 11 is 3.53. The van der Waals surface area contributed by atoms with Crippen molar-refractivity contribution >= 4 is 33.9 Å². The summed E-state index contributed by atoms with van der Waals surface area (Å²) in [6, 6.07) is 20.7. The average molecular weight is 482 g/mol. The standard InChI is InChI=1S/C24H24BrN3O3/c1-3-30-22-13-19(15-26-28-24(29)27-21-12-8-7-9-17(21)2)20(25)14-23(22)31-16-18-10-5-4-6-11-18/h4-15H,3,16H2,1-2H3,(H2,27,28,29). The van der Waals surface area contributed by atoms with Crippen LogP contribution in [0.25, 0.3) is 0 Å². The fourth-order valence-electron chi connectivity index (χ4n) is 2.79. The lowest BCUT2D eigenvalue weighted by molar-refractivity contribution is 0.252. The van der Waals surface area contributed by atoms with Crippen molar-refractivity contribution in [3.8, 4) is 11.5 Å². The summed E-state index contributed by atoms with van der Waals surface area (Å²) in [5, 5.41) is 6.80. The quantitative estimate of drug-likeness (QED) is 0.311. The minimum atomic E-state index is -0.422. The molecule has 0 unspecified atom stereocenters. The molecule has 0 spiro atoms. The number of hydrazone groups is 1. The van der Waals surface area contributed by atoms with Gasteiger partial charge in [-0.15, -0.1) is 0 Å². The molecular weight excluding hydrogens is 458 g/mol. The number of anilines is 1. The van der Waals surface area contributed by atoms with Gasteiger partial charge in [-0.3, -0.25) is 0 Å². The molecular formula is C24H24BrN3O3. The predicted molar refractivity (Wildman–Crippen MR) is 127 cm³/mol. The van der Waals surface area contributed by atoms with Gasteiger partial charge in [0.05, 0.1) is 12.8 Å². The Labute approximate surface area is 190 Å². The topological polar surface area (TPSA) is 72.0 Å². The lowest BCUT2D eigenvalue weighted by Crippen LogP contribution is -2.24. The molecule has 3 rings (SSSR count). The molecule has 3 aromatic rings. The van der Waals surface area contributed by atoms with Crippen LogP contribution in [0.2, 0.25) is 0 Å². The van der Waals surface area contributed by atoms with Crippen LogP contribution in [0.15, 0.2) is 76.3 Å². The normalized spacial score (nSPS) is 10.7. The predicted octanol–water partition coefficient (Wildman–Crippen LogP) is 5.89. The van der Waals surface area contributed by atoms with Crippen molar-refractivity contribution in [3.05, 3.63) is 87.9 Å². The van der Waals surface area contributed by atoms with E-state index in [0.29, 0.717) is 24.7 Å². The maximum absolute atomic E-state index is 12.1. The van der Waals surface area contributed by atoms with Crippen molar-refractivity contribution in [1.29, 1.82) is 0 Å². The van der Waals surface area contributed by atoms with Crippen LogP contribution in [0.1, 0.15) is 23.6 Å². The molecule has 0 fully saturated rings. The number of amides is 2. The molecule has 3 aromatic carbocycles. The molecule has 0 aliphatic heterocycles. The molecule has 7 heteroatoms. The number of para-hydroxylation sites is 1. The minimum Gasteiger partial charge on any atom is -0.490 e.